The molecule has 7 nitrogen and oxygen atoms in total. The van der Waals surface area contributed by atoms with Gasteiger partial charge in [0.05, 0.1) is 18.9 Å². The molecule has 1 aromatic heterocycles. The van der Waals surface area contributed by atoms with Crippen LogP contribution in [0, 0.1) is 6.92 Å². The van der Waals surface area contributed by atoms with Crippen molar-refractivity contribution >= 4 is 59.0 Å². The minimum atomic E-state index is -0.822. The fourth-order valence-corrected chi connectivity index (χ4v) is 3.12. The number of furan rings is 1. The molecule has 30 heavy (non-hydrogen) atoms. The number of carbonyl (C=O) groups excluding carboxylic acids is 1. The van der Waals surface area contributed by atoms with Crippen molar-refractivity contribution in [2.24, 2.45) is 4.99 Å². The molecule has 0 aliphatic carbocycles. The lowest BCUT2D eigenvalue weighted by atomic mass is 10.1. The Morgan fingerprint density at radius 3 is 2.43 bits per heavy atom. The van der Waals surface area contributed by atoms with Crippen LogP contribution in [0.25, 0.3) is 0 Å². The zero-order chi connectivity index (χ0) is 21.2. The molecule has 4 N–H and O–H groups in total. The molecule has 1 amide bonds. The number of amides is 1. The van der Waals surface area contributed by atoms with Crippen molar-refractivity contribution in [2.75, 3.05) is 26.2 Å². The average molecular weight is 569 g/mol. The number of hydrogen-bond acceptors (Lipinski definition) is 4. The lowest BCUT2D eigenvalue weighted by molar-refractivity contribution is 0.0925. The minimum absolute atomic E-state index is 0. The summed E-state index contributed by atoms with van der Waals surface area (Å²) in [6.45, 7) is 5.71. The second kappa shape index (κ2) is 13.7. The molecule has 0 fully saturated rings. The van der Waals surface area contributed by atoms with E-state index >= 15 is 0 Å². The number of halogens is 3. The van der Waals surface area contributed by atoms with Gasteiger partial charge < -0.3 is 25.5 Å². The van der Waals surface area contributed by atoms with Gasteiger partial charge in [0, 0.05) is 35.2 Å². The Kier molecular flexibility index (Phi) is 12.2. The van der Waals surface area contributed by atoms with Gasteiger partial charge in [-0.15, -0.1) is 24.0 Å². The highest BCUT2D eigenvalue weighted by Gasteiger charge is 2.12. The van der Waals surface area contributed by atoms with E-state index in [4.69, 9.17) is 27.6 Å². The Morgan fingerprint density at radius 2 is 1.83 bits per heavy atom. The van der Waals surface area contributed by atoms with Crippen molar-refractivity contribution in [1.29, 1.82) is 0 Å². The van der Waals surface area contributed by atoms with E-state index in [1.807, 2.05) is 13.8 Å². The van der Waals surface area contributed by atoms with Crippen molar-refractivity contribution in [1.82, 2.24) is 16.0 Å². The van der Waals surface area contributed by atoms with E-state index in [0.717, 1.165) is 5.56 Å². The summed E-state index contributed by atoms with van der Waals surface area (Å²) in [5.74, 6) is 0.687. The molecule has 2 rings (SSSR count). The molecular formula is C20H27Cl2IN4O3. The molecule has 1 aromatic carbocycles. The van der Waals surface area contributed by atoms with Crippen molar-refractivity contribution in [2.45, 2.75) is 26.4 Å². The molecule has 0 spiro atoms. The molecule has 0 aliphatic heterocycles. The number of aryl methyl sites for hydroxylation is 1. The summed E-state index contributed by atoms with van der Waals surface area (Å²) in [6.07, 6.45) is 1.37. The number of aliphatic hydroxyl groups is 1. The zero-order valence-corrected chi connectivity index (χ0v) is 20.7. The van der Waals surface area contributed by atoms with Crippen LogP contribution in [-0.4, -0.2) is 43.2 Å². The quantitative estimate of drug-likeness (QED) is 0.159. The van der Waals surface area contributed by atoms with Crippen molar-refractivity contribution in [3.8, 4) is 0 Å². The molecule has 0 bridgehead atoms. The highest BCUT2D eigenvalue weighted by molar-refractivity contribution is 14.0. The van der Waals surface area contributed by atoms with E-state index in [2.05, 4.69) is 20.9 Å². The van der Waals surface area contributed by atoms with Gasteiger partial charge in [-0.1, -0.05) is 23.2 Å². The highest BCUT2D eigenvalue weighted by atomic mass is 127. The van der Waals surface area contributed by atoms with Gasteiger partial charge in [0.15, 0.2) is 11.7 Å². The second-order valence-electron chi connectivity index (χ2n) is 6.41. The van der Waals surface area contributed by atoms with Crippen LogP contribution in [0.1, 0.15) is 41.1 Å². The third kappa shape index (κ3) is 8.71. The van der Waals surface area contributed by atoms with E-state index in [1.54, 1.807) is 24.3 Å². The van der Waals surface area contributed by atoms with E-state index in [-0.39, 0.29) is 36.4 Å². The molecule has 1 atom stereocenters. The minimum Gasteiger partial charge on any atom is -0.459 e. The molecule has 166 valence electrons. The Labute approximate surface area is 203 Å². The maximum Gasteiger partial charge on any atom is 0.287 e. The van der Waals surface area contributed by atoms with Crippen LogP contribution in [0.4, 0.5) is 0 Å². The van der Waals surface area contributed by atoms with Gasteiger partial charge in [-0.2, -0.15) is 0 Å². The summed E-state index contributed by atoms with van der Waals surface area (Å²) < 4.78 is 5.16. The topological polar surface area (TPSA) is 98.9 Å². The predicted molar refractivity (Wildman–Crippen MR) is 131 cm³/mol. The fourth-order valence-electron chi connectivity index (χ4n) is 2.58. The number of nitrogens with zero attached hydrogens (tertiary/aromatic N) is 1. The standard InChI is InChI=1S/C20H26Cl2N4O3.HI/c1-3-23-20(26-12-17(27)14-9-15(21)11-16(22)10-14)25-7-4-6-24-19(28)18-13(2)5-8-29-18;/h5,8-11,17,27H,3-4,6-7,12H2,1-2H3,(H,24,28)(H2,23,25,26);1H. The van der Waals surface area contributed by atoms with Gasteiger partial charge in [-0.3, -0.25) is 9.79 Å². The van der Waals surface area contributed by atoms with Crippen molar-refractivity contribution < 1.29 is 14.3 Å². The van der Waals surface area contributed by atoms with Gasteiger partial charge in [0.2, 0.25) is 0 Å². The van der Waals surface area contributed by atoms with Crippen molar-refractivity contribution in [3.63, 3.8) is 0 Å². The Balaban J connectivity index is 0.00000450. The number of nitrogens with one attached hydrogen (secondary N) is 3. The largest absolute Gasteiger partial charge is 0.459 e. The molecule has 1 heterocycles. The summed E-state index contributed by atoms with van der Waals surface area (Å²) >= 11 is 12.0. The van der Waals surface area contributed by atoms with Gasteiger partial charge in [0.25, 0.3) is 5.91 Å². The Hall–Kier alpha value is -1.49. The smallest absolute Gasteiger partial charge is 0.287 e. The zero-order valence-electron chi connectivity index (χ0n) is 16.9. The molecule has 2 aromatic rings. The van der Waals surface area contributed by atoms with E-state index in [0.29, 0.717) is 53.4 Å². The number of carbonyl (C=O) groups is 1. The Bertz CT molecular complexity index is 825. The van der Waals surface area contributed by atoms with Crippen LogP contribution >= 0.6 is 47.2 Å². The molecule has 10 heteroatoms. The second-order valence-corrected chi connectivity index (χ2v) is 7.28. The highest BCUT2D eigenvalue weighted by Crippen LogP contribution is 2.23. The third-order valence-corrected chi connectivity index (χ3v) is 4.47. The first-order valence-electron chi connectivity index (χ1n) is 9.39. The fraction of sp³-hybridized carbons (Fsp3) is 0.400. The summed E-state index contributed by atoms with van der Waals surface area (Å²) in [4.78, 5) is 16.4. The van der Waals surface area contributed by atoms with E-state index < -0.39 is 6.10 Å². The van der Waals surface area contributed by atoms with Crippen LogP contribution in [0.5, 0.6) is 0 Å². The maximum atomic E-state index is 12.0. The number of benzene rings is 1. The normalized spacial score (nSPS) is 12.1. The van der Waals surface area contributed by atoms with Crippen LogP contribution in [0.15, 0.2) is 39.9 Å². The van der Waals surface area contributed by atoms with Gasteiger partial charge in [-0.25, -0.2) is 0 Å². The third-order valence-electron chi connectivity index (χ3n) is 4.04. The summed E-state index contributed by atoms with van der Waals surface area (Å²) in [6, 6.07) is 6.69. The summed E-state index contributed by atoms with van der Waals surface area (Å²) in [5.41, 5.74) is 1.42. The Morgan fingerprint density at radius 1 is 1.17 bits per heavy atom. The predicted octanol–water partition coefficient (Wildman–Crippen LogP) is 3.92. The summed E-state index contributed by atoms with van der Waals surface area (Å²) in [7, 11) is 0. The molecule has 0 radical (unpaired) electrons. The van der Waals surface area contributed by atoms with Crippen LogP contribution in [0.3, 0.4) is 0 Å². The number of aliphatic imine (C=N–C) groups is 1. The number of guanidine groups is 1. The first-order chi connectivity index (χ1) is 13.9. The van der Waals surface area contributed by atoms with Gasteiger partial charge in [-0.05, 0) is 50.1 Å². The van der Waals surface area contributed by atoms with Gasteiger partial charge >= 0.3 is 0 Å². The molecule has 0 saturated heterocycles. The molecular weight excluding hydrogens is 542 g/mol. The first-order valence-corrected chi connectivity index (χ1v) is 10.1. The number of hydrogen-bond donors (Lipinski definition) is 4. The number of aliphatic hydroxyl groups excluding tert-OH is 1. The SMILES string of the molecule is CCNC(=NCC(O)c1cc(Cl)cc(Cl)c1)NCCCNC(=O)c1occc1C.I. The van der Waals surface area contributed by atoms with Crippen LogP contribution < -0.4 is 16.0 Å². The van der Waals surface area contributed by atoms with Crippen LogP contribution in [0.2, 0.25) is 10.0 Å². The summed E-state index contributed by atoms with van der Waals surface area (Å²) in [5, 5.41) is 20.4. The van der Waals surface area contributed by atoms with Gasteiger partial charge in [0.1, 0.15) is 0 Å². The molecule has 0 saturated carbocycles. The van der Waals surface area contributed by atoms with Crippen molar-refractivity contribution in [3.05, 3.63) is 57.5 Å². The van der Waals surface area contributed by atoms with E-state index in [9.17, 15) is 9.90 Å². The monoisotopic (exact) mass is 568 g/mol. The molecule has 0 aliphatic rings. The molecule has 1 unspecified atom stereocenters. The lowest BCUT2D eigenvalue weighted by Crippen LogP contribution is -2.39. The van der Waals surface area contributed by atoms with Crippen LogP contribution in [-0.2, 0) is 0 Å². The first kappa shape index (κ1) is 26.5. The lowest BCUT2D eigenvalue weighted by Gasteiger charge is -2.14. The average Bonchev–Trinajstić information content (AvgIpc) is 3.10. The van der Waals surface area contributed by atoms with E-state index in [1.165, 1.54) is 6.26 Å². The number of rotatable bonds is 9. The maximum absolute atomic E-state index is 12.0.